The van der Waals surface area contributed by atoms with Crippen LogP contribution in [-0.2, 0) is 17.8 Å². The summed E-state index contributed by atoms with van der Waals surface area (Å²) in [6.45, 7) is 0.655. The van der Waals surface area contributed by atoms with Gasteiger partial charge in [-0.15, -0.1) is 12.4 Å². The van der Waals surface area contributed by atoms with Crippen LogP contribution in [0.5, 0.6) is 5.75 Å². The summed E-state index contributed by atoms with van der Waals surface area (Å²) in [4.78, 5) is 14.7. The van der Waals surface area contributed by atoms with Crippen LogP contribution in [0, 0.1) is 0 Å². The molecule has 0 aliphatic heterocycles. The molecule has 1 aliphatic rings. The van der Waals surface area contributed by atoms with Crippen molar-refractivity contribution >= 4 is 24.0 Å². The number of nitrogens with zero attached hydrogens (tertiary/aromatic N) is 1. The summed E-state index contributed by atoms with van der Waals surface area (Å²) >= 11 is 0. The lowest BCUT2D eigenvalue weighted by Crippen LogP contribution is -2.33. The molecule has 1 fully saturated rings. The SMILES string of the molecule is COc1ccc(CN(C(=O)Cc2ccc(N)cc2)C2CC2)cc1.Cl. The van der Waals surface area contributed by atoms with Gasteiger partial charge >= 0.3 is 0 Å². The summed E-state index contributed by atoms with van der Waals surface area (Å²) < 4.78 is 5.18. The Labute approximate surface area is 149 Å². The van der Waals surface area contributed by atoms with E-state index in [-0.39, 0.29) is 18.3 Å². The number of carbonyl (C=O) groups excluding carboxylic acids is 1. The van der Waals surface area contributed by atoms with Crippen molar-refractivity contribution < 1.29 is 9.53 Å². The molecule has 0 saturated heterocycles. The average molecular weight is 347 g/mol. The lowest BCUT2D eigenvalue weighted by molar-refractivity contribution is -0.131. The van der Waals surface area contributed by atoms with Gasteiger partial charge in [0.1, 0.15) is 5.75 Å². The van der Waals surface area contributed by atoms with Crippen molar-refractivity contribution in [2.45, 2.75) is 31.8 Å². The molecule has 5 heteroatoms. The summed E-state index contributed by atoms with van der Waals surface area (Å²) in [5.41, 5.74) is 8.55. The van der Waals surface area contributed by atoms with Crippen LogP contribution in [0.1, 0.15) is 24.0 Å². The third-order valence-electron chi connectivity index (χ3n) is 4.16. The van der Waals surface area contributed by atoms with Gasteiger partial charge in [-0.25, -0.2) is 0 Å². The molecule has 128 valence electrons. The predicted molar refractivity (Wildman–Crippen MR) is 98.4 cm³/mol. The van der Waals surface area contributed by atoms with E-state index >= 15 is 0 Å². The third kappa shape index (κ3) is 4.65. The summed E-state index contributed by atoms with van der Waals surface area (Å²) in [5, 5.41) is 0. The van der Waals surface area contributed by atoms with Crippen LogP contribution in [0.15, 0.2) is 48.5 Å². The number of halogens is 1. The molecular formula is C19H23ClN2O2. The lowest BCUT2D eigenvalue weighted by atomic mass is 10.1. The Morgan fingerprint density at radius 3 is 2.21 bits per heavy atom. The van der Waals surface area contributed by atoms with E-state index < -0.39 is 0 Å². The molecular weight excluding hydrogens is 324 g/mol. The fourth-order valence-corrected chi connectivity index (χ4v) is 2.65. The number of carbonyl (C=O) groups is 1. The molecule has 0 unspecified atom stereocenters. The standard InChI is InChI=1S/C19H22N2O2.ClH/c1-23-18-10-4-15(5-11-18)13-21(17-8-9-17)19(22)12-14-2-6-16(20)7-3-14;/h2-7,10-11,17H,8-9,12-13,20H2,1H3;1H. The van der Waals surface area contributed by atoms with Gasteiger partial charge in [-0.2, -0.15) is 0 Å². The highest BCUT2D eigenvalue weighted by Crippen LogP contribution is 2.29. The van der Waals surface area contributed by atoms with Gasteiger partial charge in [0.05, 0.1) is 13.5 Å². The second-order valence-electron chi connectivity index (χ2n) is 6.02. The van der Waals surface area contributed by atoms with E-state index in [9.17, 15) is 4.79 Å². The lowest BCUT2D eigenvalue weighted by Gasteiger charge is -2.23. The van der Waals surface area contributed by atoms with E-state index in [0.717, 1.165) is 35.4 Å². The zero-order chi connectivity index (χ0) is 16.2. The Balaban J connectivity index is 0.00000208. The van der Waals surface area contributed by atoms with E-state index in [1.165, 1.54) is 0 Å². The maximum Gasteiger partial charge on any atom is 0.227 e. The van der Waals surface area contributed by atoms with Gasteiger partial charge in [-0.05, 0) is 48.2 Å². The van der Waals surface area contributed by atoms with Gasteiger partial charge in [0.25, 0.3) is 0 Å². The van der Waals surface area contributed by atoms with Gasteiger partial charge in [0.15, 0.2) is 0 Å². The van der Waals surface area contributed by atoms with Gasteiger partial charge in [0.2, 0.25) is 5.91 Å². The molecule has 24 heavy (non-hydrogen) atoms. The highest BCUT2D eigenvalue weighted by Gasteiger charge is 2.32. The second-order valence-corrected chi connectivity index (χ2v) is 6.02. The minimum Gasteiger partial charge on any atom is -0.497 e. The first-order valence-electron chi connectivity index (χ1n) is 7.92. The molecule has 4 nitrogen and oxygen atoms in total. The number of methoxy groups -OCH3 is 1. The number of rotatable bonds is 6. The maximum absolute atomic E-state index is 12.7. The normalized spacial score (nSPS) is 13.0. The van der Waals surface area contributed by atoms with Crippen LogP contribution < -0.4 is 10.5 Å². The molecule has 0 aromatic heterocycles. The van der Waals surface area contributed by atoms with Crippen molar-refractivity contribution in [3.05, 3.63) is 59.7 Å². The Kier molecular flexibility index (Phi) is 6.10. The third-order valence-corrected chi connectivity index (χ3v) is 4.16. The van der Waals surface area contributed by atoms with Crippen molar-refractivity contribution in [3.8, 4) is 5.75 Å². The first kappa shape index (κ1) is 18.1. The second kappa shape index (κ2) is 8.06. The fraction of sp³-hybridized carbons (Fsp3) is 0.316. The van der Waals surface area contributed by atoms with Crippen LogP contribution in [0.2, 0.25) is 0 Å². The van der Waals surface area contributed by atoms with E-state index in [2.05, 4.69) is 0 Å². The average Bonchev–Trinajstić information content (AvgIpc) is 3.40. The van der Waals surface area contributed by atoms with Crippen LogP contribution >= 0.6 is 12.4 Å². The van der Waals surface area contributed by atoms with Crippen molar-refractivity contribution in [2.75, 3.05) is 12.8 Å². The number of nitrogen functional groups attached to an aromatic ring is 1. The number of amides is 1. The van der Waals surface area contributed by atoms with Crippen LogP contribution in [0.3, 0.4) is 0 Å². The molecule has 0 atom stereocenters. The molecule has 2 aromatic carbocycles. The number of ether oxygens (including phenoxy) is 1. The van der Waals surface area contributed by atoms with Crippen molar-refractivity contribution in [1.29, 1.82) is 0 Å². The molecule has 1 amide bonds. The van der Waals surface area contributed by atoms with Crippen molar-refractivity contribution in [2.24, 2.45) is 0 Å². The minimum absolute atomic E-state index is 0. The number of hydrogen-bond donors (Lipinski definition) is 1. The maximum atomic E-state index is 12.7. The Hall–Kier alpha value is -2.20. The van der Waals surface area contributed by atoms with Gasteiger partial charge < -0.3 is 15.4 Å². The smallest absolute Gasteiger partial charge is 0.227 e. The Morgan fingerprint density at radius 2 is 1.67 bits per heavy atom. The van der Waals surface area contributed by atoms with Gasteiger partial charge in [0, 0.05) is 18.3 Å². The highest BCUT2D eigenvalue weighted by atomic mass is 35.5. The zero-order valence-corrected chi connectivity index (χ0v) is 14.6. The topological polar surface area (TPSA) is 55.6 Å². The van der Waals surface area contributed by atoms with E-state index in [0.29, 0.717) is 19.0 Å². The van der Waals surface area contributed by atoms with Crippen molar-refractivity contribution in [1.82, 2.24) is 4.90 Å². The Bertz CT molecular complexity index is 667. The molecule has 1 saturated carbocycles. The van der Waals surface area contributed by atoms with Crippen molar-refractivity contribution in [3.63, 3.8) is 0 Å². The molecule has 1 aliphatic carbocycles. The monoisotopic (exact) mass is 346 g/mol. The number of hydrogen-bond acceptors (Lipinski definition) is 3. The largest absolute Gasteiger partial charge is 0.497 e. The molecule has 3 rings (SSSR count). The Morgan fingerprint density at radius 1 is 1.08 bits per heavy atom. The van der Waals surface area contributed by atoms with Crippen LogP contribution in [0.25, 0.3) is 0 Å². The quantitative estimate of drug-likeness (QED) is 0.815. The molecule has 0 radical (unpaired) electrons. The molecule has 0 spiro atoms. The van der Waals surface area contributed by atoms with Crippen LogP contribution in [-0.4, -0.2) is 24.0 Å². The van der Waals surface area contributed by atoms with Gasteiger partial charge in [-0.1, -0.05) is 24.3 Å². The molecule has 2 aromatic rings. The van der Waals surface area contributed by atoms with E-state index in [1.807, 2.05) is 53.4 Å². The molecule has 0 bridgehead atoms. The molecule has 2 N–H and O–H groups in total. The predicted octanol–water partition coefficient (Wildman–Crippen LogP) is 3.43. The number of nitrogens with two attached hydrogens (primary N) is 1. The summed E-state index contributed by atoms with van der Waals surface area (Å²) in [6.07, 6.45) is 2.63. The minimum atomic E-state index is 0. The highest BCUT2D eigenvalue weighted by molar-refractivity contribution is 5.85. The van der Waals surface area contributed by atoms with E-state index in [1.54, 1.807) is 7.11 Å². The first-order chi connectivity index (χ1) is 11.2. The zero-order valence-electron chi connectivity index (χ0n) is 13.8. The summed E-state index contributed by atoms with van der Waals surface area (Å²) in [6, 6.07) is 15.8. The fourth-order valence-electron chi connectivity index (χ4n) is 2.65. The number of anilines is 1. The first-order valence-corrected chi connectivity index (χ1v) is 7.92. The summed E-state index contributed by atoms with van der Waals surface area (Å²) in [5.74, 6) is 1.01. The van der Waals surface area contributed by atoms with Gasteiger partial charge in [-0.3, -0.25) is 4.79 Å². The summed E-state index contributed by atoms with van der Waals surface area (Å²) in [7, 11) is 1.65. The van der Waals surface area contributed by atoms with Crippen LogP contribution in [0.4, 0.5) is 5.69 Å². The number of benzene rings is 2. The van der Waals surface area contributed by atoms with E-state index in [4.69, 9.17) is 10.5 Å². The molecule has 0 heterocycles.